The zero-order chi connectivity index (χ0) is 13.8. The molecule has 3 nitrogen and oxygen atoms in total. The second-order valence-corrected chi connectivity index (χ2v) is 5.87. The number of ketones is 1. The van der Waals surface area contributed by atoms with Crippen LogP contribution in [-0.4, -0.2) is 18.2 Å². The number of nitrogens with one attached hydrogen (secondary N) is 1. The van der Waals surface area contributed by atoms with Gasteiger partial charge in [0.15, 0.2) is 0 Å². The molecular formula is C14H18BrNO2. The summed E-state index contributed by atoms with van der Waals surface area (Å²) in [6, 6.07) is 7.94. The zero-order valence-corrected chi connectivity index (χ0v) is 12.5. The van der Waals surface area contributed by atoms with Crippen molar-refractivity contribution in [3.63, 3.8) is 0 Å². The average molecular weight is 312 g/mol. The summed E-state index contributed by atoms with van der Waals surface area (Å²) in [6.45, 7) is 6.03. The van der Waals surface area contributed by atoms with Crippen LogP contribution in [0.15, 0.2) is 28.7 Å². The largest absolute Gasteiger partial charge is 0.355 e. The molecule has 18 heavy (non-hydrogen) atoms. The van der Waals surface area contributed by atoms with Crippen molar-refractivity contribution in [1.29, 1.82) is 0 Å². The van der Waals surface area contributed by atoms with Gasteiger partial charge in [0.05, 0.1) is 6.42 Å². The van der Waals surface area contributed by atoms with Crippen LogP contribution in [0.3, 0.4) is 0 Å². The van der Waals surface area contributed by atoms with Crippen molar-refractivity contribution in [1.82, 2.24) is 5.32 Å². The Balaban J connectivity index is 2.68. The third-order valence-electron chi connectivity index (χ3n) is 2.74. The highest BCUT2D eigenvalue weighted by molar-refractivity contribution is 9.10. The SMILES string of the molecule is CC(=O)CC(=O)NCC(C)(C)c1ccccc1Br. The first-order valence-electron chi connectivity index (χ1n) is 5.84. The van der Waals surface area contributed by atoms with Gasteiger partial charge in [0.25, 0.3) is 0 Å². The lowest BCUT2D eigenvalue weighted by molar-refractivity contribution is -0.127. The molecule has 4 heteroatoms. The van der Waals surface area contributed by atoms with Crippen molar-refractivity contribution in [3.8, 4) is 0 Å². The van der Waals surface area contributed by atoms with Crippen LogP contribution in [0.25, 0.3) is 0 Å². The monoisotopic (exact) mass is 311 g/mol. The van der Waals surface area contributed by atoms with E-state index < -0.39 is 0 Å². The minimum atomic E-state index is -0.220. The molecule has 0 spiro atoms. The third-order valence-corrected chi connectivity index (χ3v) is 3.43. The Hall–Kier alpha value is -1.16. The lowest BCUT2D eigenvalue weighted by Crippen LogP contribution is -2.37. The third kappa shape index (κ3) is 4.26. The molecule has 0 saturated heterocycles. The van der Waals surface area contributed by atoms with Crippen LogP contribution in [0.1, 0.15) is 32.8 Å². The molecule has 1 rings (SSSR count). The van der Waals surface area contributed by atoms with Gasteiger partial charge in [-0.25, -0.2) is 0 Å². The first-order chi connectivity index (χ1) is 8.33. The van der Waals surface area contributed by atoms with Crippen LogP contribution in [-0.2, 0) is 15.0 Å². The number of carbonyl (C=O) groups excluding carboxylic acids is 2. The molecule has 1 N–H and O–H groups in total. The van der Waals surface area contributed by atoms with E-state index in [1.54, 1.807) is 0 Å². The molecule has 0 aliphatic carbocycles. The van der Waals surface area contributed by atoms with E-state index in [0.29, 0.717) is 6.54 Å². The summed E-state index contributed by atoms with van der Waals surface area (Å²) in [6.07, 6.45) is -0.0496. The van der Waals surface area contributed by atoms with Gasteiger partial charge in [-0.05, 0) is 18.6 Å². The van der Waals surface area contributed by atoms with Crippen molar-refractivity contribution in [2.45, 2.75) is 32.6 Å². The van der Waals surface area contributed by atoms with Crippen LogP contribution in [0.4, 0.5) is 0 Å². The number of carbonyl (C=O) groups is 2. The molecule has 0 aliphatic heterocycles. The van der Waals surface area contributed by atoms with E-state index in [4.69, 9.17) is 0 Å². The molecule has 0 saturated carbocycles. The van der Waals surface area contributed by atoms with E-state index in [-0.39, 0.29) is 23.5 Å². The fraction of sp³-hybridized carbons (Fsp3) is 0.429. The Morgan fingerprint density at radius 3 is 2.44 bits per heavy atom. The minimum Gasteiger partial charge on any atom is -0.355 e. The molecule has 1 amide bonds. The number of rotatable bonds is 5. The maximum absolute atomic E-state index is 11.5. The quantitative estimate of drug-likeness (QED) is 0.850. The van der Waals surface area contributed by atoms with Crippen molar-refractivity contribution >= 4 is 27.6 Å². The van der Waals surface area contributed by atoms with E-state index in [0.717, 1.165) is 10.0 Å². The maximum Gasteiger partial charge on any atom is 0.227 e. The van der Waals surface area contributed by atoms with Crippen LogP contribution >= 0.6 is 15.9 Å². The maximum atomic E-state index is 11.5. The summed E-state index contributed by atoms with van der Waals surface area (Å²) in [5, 5.41) is 2.80. The number of Topliss-reactive ketones (excluding diaryl/α,β-unsaturated/α-hetero) is 1. The summed E-state index contributed by atoms with van der Waals surface area (Å²) in [7, 11) is 0. The van der Waals surface area contributed by atoms with E-state index in [2.05, 4.69) is 35.1 Å². The highest BCUT2D eigenvalue weighted by Gasteiger charge is 2.23. The van der Waals surface area contributed by atoms with Gasteiger partial charge < -0.3 is 5.32 Å². The standard InChI is InChI=1S/C14H18BrNO2/c1-10(17)8-13(18)16-9-14(2,3)11-6-4-5-7-12(11)15/h4-7H,8-9H2,1-3H3,(H,16,18). The van der Waals surface area contributed by atoms with Gasteiger partial charge in [-0.15, -0.1) is 0 Å². The molecule has 98 valence electrons. The normalized spacial score (nSPS) is 11.1. The summed E-state index contributed by atoms with van der Waals surface area (Å²) >= 11 is 3.51. The summed E-state index contributed by atoms with van der Waals surface area (Å²) < 4.78 is 1.02. The predicted octanol–water partition coefficient (Wildman–Crippen LogP) is 2.82. The van der Waals surface area contributed by atoms with Crippen molar-refractivity contribution in [2.24, 2.45) is 0 Å². The highest BCUT2D eigenvalue weighted by atomic mass is 79.9. The van der Waals surface area contributed by atoms with E-state index in [9.17, 15) is 9.59 Å². The number of benzene rings is 1. The van der Waals surface area contributed by atoms with Crippen LogP contribution in [0.2, 0.25) is 0 Å². The number of amides is 1. The molecule has 0 fully saturated rings. The summed E-state index contributed by atoms with van der Waals surface area (Å²) in [5.74, 6) is -0.339. The Morgan fingerprint density at radius 1 is 1.28 bits per heavy atom. The smallest absolute Gasteiger partial charge is 0.227 e. The first kappa shape index (κ1) is 14.9. The van der Waals surface area contributed by atoms with Gasteiger partial charge in [-0.1, -0.05) is 48.0 Å². The zero-order valence-electron chi connectivity index (χ0n) is 10.9. The molecular weight excluding hydrogens is 294 g/mol. The average Bonchev–Trinajstić information content (AvgIpc) is 2.26. The molecule has 1 aromatic rings. The summed E-state index contributed by atoms with van der Waals surface area (Å²) in [5.41, 5.74) is 0.945. The van der Waals surface area contributed by atoms with Crippen molar-refractivity contribution in [3.05, 3.63) is 34.3 Å². The lowest BCUT2D eigenvalue weighted by Gasteiger charge is -2.26. The fourth-order valence-electron chi connectivity index (χ4n) is 1.71. The van der Waals surface area contributed by atoms with E-state index >= 15 is 0 Å². The second kappa shape index (κ2) is 6.14. The van der Waals surface area contributed by atoms with Gasteiger partial charge in [0.2, 0.25) is 5.91 Å². The fourth-order valence-corrected chi connectivity index (χ4v) is 2.53. The molecule has 0 atom stereocenters. The number of halogens is 1. The molecule has 0 heterocycles. The van der Waals surface area contributed by atoms with Gasteiger partial charge in [0.1, 0.15) is 5.78 Å². The first-order valence-corrected chi connectivity index (χ1v) is 6.63. The van der Waals surface area contributed by atoms with Gasteiger partial charge in [-0.3, -0.25) is 9.59 Å². The van der Waals surface area contributed by atoms with E-state index in [1.807, 2.05) is 24.3 Å². The Kier molecular flexibility index (Phi) is 5.08. The van der Waals surface area contributed by atoms with Gasteiger partial charge in [0, 0.05) is 16.4 Å². The number of hydrogen-bond donors (Lipinski definition) is 1. The second-order valence-electron chi connectivity index (χ2n) is 5.02. The molecule has 0 aliphatic rings. The minimum absolute atomic E-state index is 0.0496. The topological polar surface area (TPSA) is 46.2 Å². The highest BCUT2D eigenvalue weighted by Crippen LogP contribution is 2.29. The van der Waals surface area contributed by atoms with Crippen LogP contribution < -0.4 is 5.32 Å². The predicted molar refractivity (Wildman–Crippen MR) is 75.5 cm³/mol. The molecule has 0 unspecified atom stereocenters. The van der Waals surface area contributed by atoms with Crippen LogP contribution in [0.5, 0.6) is 0 Å². The number of hydrogen-bond acceptors (Lipinski definition) is 2. The lowest BCUT2D eigenvalue weighted by atomic mass is 9.84. The summed E-state index contributed by atoms with van der Waals surface area (Å²) in [4.78, 5) is 22.3. The van der Waals surface area contributed by atoms with Crippen molar-refractivity contribution in [2.75, 3.05) is 6.54 Å². The molecule has 1 aromatic carbocycles. The molecule has 0 aromatic heterocycles. The Morgan fingerprint density at radius 2 is 1.89 bits per heavy atom. The van der Waals surface area contributed by atoms with Gasteiger partial charge in [-0.2, -0.15) is 0 Å². The van der Waals surface area contributed by atoms with E-state index in [1.165, 1.54) is 6.92 Å². The van der Waals surface area contributed by atoms with Gasteiger partial charge >= 0.3 is 0 Å². The Bertz CT molecular complexity index is 455. The molecule has 0 bridgehead atoms. The van der Waals surface area contributed by atoms with Crippen LogP contribution in [0, 0.1) is 0 Å². The Labute approximate surface area is 116 Å². The molecule has 0 radical (unpaired) electrons. The van der Waals surface area contributed by atoms with Crippen molar-refractivity contribution < 1.29 is 9.59 Å².